The van der Waals surface area contributed by atoms with Crippen LogP contribution in [0.1, 0.15) is 16.2 Å². The lowest BCUT2D eigenvalue weighted by atomic mass is 9.91. The minimum absolute atomic E-state index is 0.00746. The summed E-state index contributed by atoms with van der Waals surface area (Å²) in [6, 6.07) is 1.33. The van der Waals surface area contributed by atoms with E-state index in [-0.39, 0.29) is 28.6 Å². The number of carboxylic acids is 1. The van der Waals surface area contributed by atoms with Gasteiger partial charge in [0.1, 0.15) is 15.7 Å². The Balaban J connectivity index is 2.67. The van der Waals surface area contributed by atoms with Crippen LogP contribution in [0.5, 0.6) is 0 Å². The normalized spacial score (nSPS) is 10.5. The number of rotatable bonds is 2. The number of carbonyl (C=O) groups is 1. The van der Waals surface area contributed by atoms with Crippen LogP contribution < -0.4 is 16.9 Å². The molecule has 0 saturated heterocycles. The molecule has 82 valence electrons. The van der Waals surface area contributed by atoms with Gasteiger partial charge in [-0.3, -0.25) is 9.55 Å². The van der Waals surface area contributed by atoms with E-state index in [1.54, 1.807) is 6.92 Å². The van der Waals surface area contributed by atoms with E-state index in [1.165, 1.54) is 10.6 Å². The molecule has 6 radical (unpaired) electrons. The van der Waals surface area contributed by atoms with E-state index < -0.39 is 5.97 Å². The fraction of sp³-hybridized carbons (Fsp3) is 0.111. The summed E-state index contributed by atoms with van der Waals surface area (Å²) in [5, 5.41) is 8.92. The Hall–Kier alpha value is -2.05. The Kier molecular flexibility index (Phi) is 2.98. The highest BCUT2D eigenvalue weighted by Gasteiger charge is 2.14. The summed E-state index contributed by atoms with van der Waals surface area (Å²) in [6.45, 7) is 1.63. The molecule has 0 amide bonds. The summed E-state index contributed by atoms with van der Waals surface area (Å²) in [4.78, 5) is 22.6. The fourth-order valence-corrected chi connectivity index (χ4v) is 1.44. The molecule has 0 saturated carbocycles. The second-order valence-electron chi connectivity index (χ2n) is 3.58. The summed E-state index contributed by atoms with van der Waals surface area (Å²) in [5.41, 5.74) is 0.392. The summed E-state index contributed by atoms with van der Waals surface area (Å²) in [6.07, 6.45) is 0. The molecule has 0 atom stereocenters. The van der Waals surface area contributed by atoms with Gasteiger partial charge in [0.2, 0.25) is 5.95 Å². The Morgan fingerprint density at radius 2 is 1.94 bits per heavy atom. The van der Waals surface area contributed by atoms with Gasteiger partial charge in [-0.25, -0.2) is 14.8 Å². The third kappa shape index (κ3) is 2.03. The first-order valence-corrected chi connectivity index (χ1v) is 4.88. The van der Waals surface area contributed by atoms with Gasteiger partial charge in [0.15, 0.2) is 13.5 Å². The van der Waals surface area contributed by atoms with Gasteiger partial charge < -0.3 is 5.11 Å². The first-order valence-electron chi connectivity index (χ1n) is 4.88. The molecule has 0 bridgehead atoms. The van der Waals surface area contributed by atoms with Crippen LogP contribution in [-0.2, 0) is 0 Å². The number of aromatic carboxylic acids is 1. The highest BCUT2D eigenvalue weighted by Crippen LogP contribution is 2.03. The molecular formula is C9H5B3N4O2. The highest BCUT2D eigenvalue weighted by atomic mass is 16.4. The number of aromatic nitrogens is 4. The predicted octanol–water partition coefficient (Wildman–Crippen LogP) is -2.95. The van der Waals surface area contributed by atoms with Gasteiger partial charge in [-0.2, -0.15) is 0 Å². The lowest BCUT2D eigenvalue weighted by Gasteiger charge is -2.08. The molecule has 0 fully saturated rings. The van der Waals surface area contributed by atoms with E-state index in [4.69, 9.17) is 28.6 Å². The van der Waals surface area contributed by atoms with E-state index in [2.05, 4.69) is 15.0 Å². The Bertz CT molecular complexity index is 641. The van der Waals surface area contributed by atoms with Crippen LogP contribution in [0, 0.1) is 6.92 Å². The number of aryl methyl sites for hydroxylation is 1. The average molecular weight is 234 g/mol. The minimum Gasteiger partial charge on any atom is -0.477 e. The van der Waals surface area contributed by atoms with Crippen molar-refractivity contribution < 1.29 is 9.90 Å². The molecule has 0 unspecified atom stereocenters. The Morgan fingerprint density at radius 1 is 1.28 bits per heavy atom. The minimum atomic E-state index is -1.17. The van der Waals surface area contributed by atoms with Crippen molar-refractivity contribution >= 4 is 46.4 Å². The van der Waals surface area contributed by atoms with E-state index >= 15 is 0 Å². The van der Waals surface area contributed by atoms with Gasteiger partial charge in [-0.15, -0.1) is 0 Å². The lowest BCUT2D eigenvalue weighted by molar-refractivity contribution is 0.0690. The third-order valence-electron chi connectivity index (χ3n) is 2.23. The smallest absolute Gasteiger partial charge is 0.354 e. The first-order chi connectivity index (χ1) is 8.40. The van der Waals surface area contributed by atoms with Gasteiger partial charge in [-0.1, -0.05) is 0 Å². The second kappa shape index (κ2) is 4.32. The maximum absolute atomic E-state index is 10.9. The van der Waals surface area contributed by atoms with Crippen LogP contribution in [0.15, 0.2) is 6.07 Å². The van der Waals surface area contributed by atoms with Crippen molar-refractivity contribution in [2.24, 2.45) is 0 Å². The van der Waals surface area contributed by atoms with Crippen LogP contribution in [-0.4, -0.2) is 54.1 Å². The van der Waals surface area contributed by atoms with E-state index in [1.807, 2.05) is 0 Å². The molecule has 0 spiro atoms. The second-order valence-corrected chi connectivity index (χ2v) is 3.58. The monoisotopic (exact) mass is 234 g/mol. The van der Waals surface area contributed by atoms with Crippen molar-refractivity contribution in [3.05, 3.63) is 17.5 Å². The van der Waals surface area contributed by atoms with Gasteiger partial charge in [0.25, 0.3) is 0 Å². The van der Waals surface area contributed by atoms with Crippen LogP contribution in [0.2, 0.25) is 0 Å². The first kappa shape index (κ1) is 12.4. The number of hydrogen-bond donors (Lipinski definition) is 1. The van der Waals surface area contributed by atoms with Gasteiger partial charge in [0.05, 0.1) is 5.72 Å². The summed E-state index contributed by atoms with van der Waals surface area (Å²) < 4.78 is 1.19. The zero-order valence-corrected chi connectivity index (χ0v) is 9.45. The van der Waals surface area contributed by atoms with Gasteiger partial charge in [0, 0.05) is 5.69 Å². The molecule has 1 N–H and O–H groups in total. The van der Waals surface area contributed by atoms with Crippen LogP contribution in [0.4, 0.5) is 0 Å². The fourth-order valence-electron chi connectivity index (χ4n) is 1.44. The van der Waals surface area contributed by atoms with Crippen LogP contribution in [0.25, 0.3) is 5.95 Å². The standard InChI is InChI=1S/C9H5B3N4O2/c1-3-2-4(7(17)18)14-9(13-3)16-6(11)5(10)15-8(16)12/h2H,1H3,(H,17,18). The molecule has 2 heterocycles. The SMILES string of the molecule is [B]c1nc([B])n(-c2nc(C)cc(C(=O)O)n2)c1[B]. The molecule has 0 aromatic carbocycles. The maximum Gasteiger partial charge on any atom is 0.354 e. The average Bonchev–Trinajstić information content (AvgIpc) is 2.52. The van der Waals surface area contributed by atoms with Crippen molar-refractivity contribution in [3.8, 4) is 5.95 Å². The largest absolute Gasteiger partial charge is 0.477 e. The third-order valence-corrected chi connectivity index (χ3v) is 2.23. The lowest BCUT2D eigenvalue weighted by Crippen LogP contribution is -2.33. The Labute approximate surface area is 107 Å². The topological polar surface area (TPSA) is 80.9 Å². The molecule has 0 aliphatic rings. The van der Waals surface area contributed by atoms with Crippen molar-refractivity contribution in [1.82, 2.24) is 19.5 Å². The number of nitrogens with zero attached hydrogens (tertiary/aromatic N) is 4. The summed E-state index contributed by atoms with van der Waals surface area (Å²) in [5.74, 6) is -1.15. The quantitative estimate of drug-likeness (QED) is 0.561. The van der Waals surface area contributed by atoms with Crippen molar-refractivity contribution in [2.45, 2.75) is 6.92 Å². The van der Waals surface area contributed by atoms with Crippen molar-refractivity contribution in [1.29, 1.82) is 0 Å². The molecule has 0 aliphatic carbocycles. The zero-order valence-electron chi connectivity index (χ0n) is 9.45. The van der Waals surface area contributed by atoms with Crippen LogP contribution >= 0.6 is 0 Å². The van der Waals surface area contributed by atoms with E-state index in [0.29, 0.717) is 5.69 Å². The molecule has 2 aromatic rings. The molecule has 0 aliphatic heterocycles. The molecule has 2 aromatic heterocycles. The molecule has 6 nitrogen and oxygen atoms in total. The maximum atomic E-state index is 10.9. The number of carboxylic acid groups (broad SMARTS) is 1. The van der Waals surface area contributed by atoms with Crippen molar-refractivity contribution in [3.63, 3.8) is 0 Å². The highest BCUT2D eigenvalue weighted by molar-refractivity contribution is 6.48. The summed E-state index contributed by atoms with van der Waals surface area (Å²) >= 11 is 0. The number of imidazole rings is 1. The van der Waals surface area contributed by atoms with Crippen LogP contribution in [0.3, 0.4) is 0 Å². The van der Waals surface area contributed by atoms with Gasteiger partial charge >= 0.3 is 5.97 Å². The Morgan fingerprint density at radius 3 is 2.44 bits per heavy atom. The van der Waals surface area contributed by atoms with E-state index in [0.717, 1.165) is 0 Å². The van der Waals surface area contributed by atoms with Crippen molar-refractivity contribution in [2.75, 3.05) is 0 Å². The zero-order chi connectivity index (χ0) is 13.4. The molecule has 18 heavy (non-hydrogen) atoms. The number of hydrogen-bond acceptors (Lipinski definition) is 4. The summed E-state index contributed by atoms with van der Waals surface area (Å²) in [7, 11) is 16.8. The predicted molar refractivity (Wildman–Crippen MR) is 67.0 cm³/mol. The molecule has 9 heteroatoms. The molecule has 2 rings (SSSR count). The molecular weight excluding hydrogens is 229 g/mol. The van der Waals surface area contributed by atoms with Gasteiger partial charge in [-0.05, 0) is 24.2 Å². The van der Waals surface area contributed by atoms with E-state index in [9.17, 15) is 4.79 Å².